The van der Waals surface area contributed by atoms with E-state index in [9.17, 15) is 19.6 Å². The molecule has 0 spiro atoms. The molecule has 1 unspecified atom stereocenters. The summed E-state index contributed by atoms with van der Waals surface area (Å²) >= 11 is 0. The molecule has 2 aromatic rings. The van der Waals surface area contributed by atoms with Crippen LogP contribution in [0.1, 0.15) is 6.23 Å². The predicted octanol–water partition coefficient (Wildman–Crippen LogP) is -2.15. The zero-order valence-corrected chi connectivity index (χ0v) is 12.3. The molecule has 1 saturated heterocycles. The molecule has 0 amide bonds. The standard InChI is InChI=1S/C10H13N4O8P/c15-6-4(1-21-23(18,19)20)22-10(7(6)16)14-3-13-5-8(14)11-2-12-9(5)17/h2-4,6-7,10,15-16H,1H2,(H,11,12,17)(H2,18,19,20)/t4?,6-,7-,10-/m1/s1. The van der Waals surface area contributed by atoms with Gasteiger partial charge in [-0.25, -0.2) is 14.5 Å². The Balaban J connectivity index is 1.87. The largest absolute Gasteiger partial charge is 0.469 e. The number of rotatable bonds is 4. The minimum atomic E-state index is -4.74. The van der Waals surface area contributed by atoms with Gasteiger partial charge in [0.25, 0.3) is 5.56 Å². The number of imidazole rings is 1. The van der Waals surface area contributed by atoms with Crippen molar-refractivity contribution in [3.63, 3.8) is 0 Å². The second kappa shape index (κ2) is 5.76. The normalized spacial score (nSPS) is 28.5. The molecule has 12 nitrogen and oxygen atoms in total. The lowest BCUT2D eigenvalue weighted by atomic mass is 10.1. The summed E-state index contributed by atoms with van der Waals surface area (Å²) in [5.41, 5.74) is -0.336. The van der Waals surface area contributed by atoms with Gasteiger partial charge in [-0.05, 0) is 0 Å². The van der Waals surface area contributed by atoms with Crippen molar-refractivity contribution < 1.29 is 33.8 Å². The fourth-order valence-corrected chi connectivity index (χ4v) is 2.66. The van der Waals surface area contributed by atoms with E-state index in [0.717, 1.165) is 6.33 Å². The molecule has 13 heteroatoms. The Morgan fingerprint density at radius 3 is 2.78 bits per heavy atom. The lowest BCUT2D eigenvalue weighted by Crippen LogP contribution is -2.33. The third kappa shape index (κ3) is 3.05. The van der Waals surface area contributed by atoms with Gasteiger partial charge in [-0.3, -0.25) is 13.9 Å². The molecule has 0 bridgehead atoms. The molecule has 0 aromatic carbocycles. The number of aliphatic hydroxyl groups excluding tert-OH is 2. The average Bonchev–Trinajstić information content (AvgIpc) is 3.01. The number of phosphoric ester groups is 1. The summed E-state index contributed by atoms with van der Waals surface area (Å²) < 4.78 is 21.6. The van der Waals surface area contributed by atoms with E-state index in [1.54, 1.807) is 0 Å². The number of fused-ring (bicyclic) bond motifs is 1. The summed E-state index contributed by atoms with van der Waals surface area (Å²) in [7, 11) is -4.74. The molecular weight excluding hydrogens is 335 g/mol. The lowest BCUT2D eigenvalue weighted by Gasteiger charge is -2.16. The van der Waals surface area contributed by atoms with Crippen molar-refractivity contribution in [2.45, 2.75) is 24.5 Å². The maximum atomic E-state index is 11.6. The van der Waals surface area contributed by atoms with Crippen LogP contribution in [0.2, 0.25) is 0 Å². The van der Waals surface area contributed by atoms with Crippen molar-refractivity contribution in [2.24, 2.45) is 0 Å². The van der Waals surface area contributed by atoms with Crippen LogP contribution in [-0.2, 0) is 13.8 Å². The second-order valence-corrected chi connectivity index (χ2v) is 6.13. The Kier molecular flexibility index (Phi) is 4.06. The van der Waals surface area contributed by atoms with Crippen molar-refractivity contribution in [2.75, 3.05) is 6.61 Å². The maximum absolute atomic E-state index is 11.6. The van der Waals surface area contributed by atoms with Gasteiger partial charge >= 0.3 is 7.82 Å². The lowest BCUT2D eigenvalue weighted by molar-refractivity contribution is -0.0504. The van der Waals surface area contributed by atoms with Crippen LogP contribution in [-0.4, -0.2) is 64.4 Å². The molecule has 1 aliphatic heterocycles. The van der Waals surface area contributed by atoms with Crippen LogP contribution in [0.25, 0.3) is 11.2 Å². The van der Waals surface area contributed by atoms with Gasteiger partial charge in [0.15, 0.2) is 17.4 Å². The SMILES string of the molecule is O=c1[nH]cnc2c1ncn2[C@@H]1OC(COP(=O)(O)O)[C@@H](O)[C@H]1O. The number of H-pyrrole nitrogens is 1. The van der Waals surface area contributed by atoms with Gasteiger partial charge in [0.1, 0.15) is 18.3 Å². The molecule has 4 atom stereocenters. The van der Waals surface area contributed by atoms with E-state index in [0.29, 0.717) is 0 Å². The van der Waals surface area contributed by atoms with Crippen LogP contribution in [0, 0.1) is 0 Å². The van der Waals surface area contributed by atoms with Crippen LogP contribution in [0.15, 0.2) is 17.4 Å². The first-order chi connectivity index (χ1) is 10.8. The third-order valence-corrected chi connectivity index (χ3v) is 3.87. The minimum Gasteiger partial charge on any atom is -0.387 e. The first-order valence-electron chi connectivity index (χ1n) is 6.40. The molecule has 1 fully saturated rings. The Labute approximate surface area is 127 Å². The number of hydrogen-bond donors (Lipinski definition) is 5. The minimum absolute atomic E-state index is 0.0210. The first kappa shape index (κ1) is 16.2. The molecule has 5 N–H and O–H groups in total. The fraction of sp³-hybridized carbons (Fsp3) is 0.500. The van der Waals surface area contributed by atoms with E-state index in [1.807, 2.05) is 0 Å². The van der Waals surface area contributed by atoms with E-state index >= 15 is 0 Å². The predicted molar refractivity (Wildman–Crippen MR) is 72.1 cm³/mol. The van der Waals surface area contributed by atoms with Gasteiger partial charge in [0.2, 0.25) is 0 Å². The molecular formula is C10H13N4O8P. The van der Waals surface area contributed by atoms with Crippen LogP contribution in [0.4, 0.5) is 0 Å². The van der Waals surface area contributed by atoms with Crippen LogP contribution < -0.4 is 5.56 Å². The molecule has 23 heavy (non-hydrogen) atoms. The number of ether oxygens (including phenoxy) is 1. The number of nitrogens with one attached hydrogen (secondary N) is 1. The highest BCUT2D eigenvalue weighted by Gasteiger charge is 2.45. The van der Waals surface area contributed by atoms with Gasteiger partial charge in [-0.2, -0.15) is 0 Å². The van der Waals surface area contributed by atoms with Crippen LogP contribution in [0.5, 0.6) is 0 Å². The van der Waals surface area contributed by atoms with E-state index in [2.05, 4.69) is 19.5 Å². The quantitative estimate of drug-likeness (QED) is 0.382. The first-order valence-corrected chi connectivity index (χ1v) is 7.93. The molecule has 3 rings (SSSR count). The number of hydrogen-bond acceptors (Lipinski definition) is 8. The number of nitrogens with zero attached hydrogens (tertiary/aromatic N) is 3. The van der Waals surface area contributed by atoms with Crippen molar-refractivity contribution in [3.05, 3.63) is 23.0 Å². The number of aromatic amines is 1. The third-order valence-electron chi connectivity index (χ3n) is 3.38. The monoisotopic (exact) mass is 348 g/mol. The number of aromatic nitrogens is 4. The number of aliphatic hydroxyl groups is 2. The Bertz CT molecular complexity index is 815. The summed E-state index contributed by atoms with van der Waals surface area (Å²) in [6, 6.07) is 0. The Hall–Kier alpha value is -1.66. The van der Waals surface area contributed by atoms with Crippen molar-refractivity contribution >= 4 is 19.0 Å². The highest BCUT2D eigenvalue weighted by molar-refractivity contribution is 7.46. The van der Waals surface area contributed by atoms with Gasteiger partial charge in [-0.1, -0.05) is 0 Å². The van der Waals surface area contributed by atoms with Gasteiger partial charge < -0.3 is 29.7 Å². The molecule has 1 aliphatic rings. The van der Waals surface area contributed by atoms with E-state index < -0.39 is 44.5 Å². The molecule has 126 valence electrons. The van der Waals surface area contributed by atoms with E-state index in [1.165, 1.54) is 10.9 Å². The summed E-state index contributed by atoms with van der Waals surface area (Å²) in [5.74, 6) is 0. The molecule has 0 aliphatic carbocycles. The summed E-state index contributed by atoms with van der Waals surface area (Å²) in [6.07, 6.45) is -2.85. The van der Waals surface area contributed by atoms with Gasteiger partial charge in [-0.15, -0.1) is 0 Å². The van der Waals surface area contributed by atoms with Crippen molar-refractivity contribution in [1.82, 2.24) is 19.5 Å². The Morgan fingerprint density at radius 2 is 2.09 bits per heavy atom. The molecule has 0 saturated carbocycles. The maximum Gasteiger partial charge on any atom is 0.469 e. The van der Waals surface area contributed by atoms with E-state index in [4.69, 9.17) is 14.5 Å². The molecule has 2 aromatic heterocycles. The smallest absolute Gasteiger partial charge is 0.387 e. The average molecular weight is 348 g/mol. The van der Waals surface area contributed by atoms with E-state index in [-0.39, 0.29) is 11.2 Å². The number of phosphoric acid groups is 1. The van der Waals surface area contributed by atoms with Gasteiger partial charge in [0, 0.05) is 0 Å². The Morgan fingerprint density at radius 1 is 1.35 bits per heavy atom. The van der Waals surface area contributed by atoms with Crippen molar-refractivity contribution in [1.29, 1.82) is 0 Å². The zero-order chi connectivity index (χ0) is 16.8. The van der Waals surface area contributed by atoms with Crippen LogP contribution >= 0.6 is 7.82 Å². The molecule has 0 radical (unpaired) electrons. The summed E-state index contributed by atoms with van der Waals surface area (Å²) in [5, 5.41) is 20.0. The topological polar surface area (TPSA) is 180 Å². The highest BCUT2D eigenvalue weighted by Crippen LogP contribution is 2.38. The summed E-state index contributed by atoms with van der Waals surface area (Å²) in [6.45, 7) is -0.625. The second-order valence-electron chi connectivity index (χ2n) is 4.89. The highest BCUT2D eigenvalue weighted by atomic mass is 31.2. The van der Waals surface area contributed by atoms with Gasteiger partial charge in [0.05, 0.1) is 19.3 Å². The van der Waals surface area contributed by atoms with Crippen LogP contribution in [0.3, 0.4) is 0 Å². The fourth-order valence-electron chi connectivity index (χ4n) is 2.32. The zero-order valence-electron chi connectivity index (χ0n) is 11.4. The molecule has 3 heterocycles. The summed E-state index contributed by atoms with van der Waals surface area (Å²) in [4.78, 5) is 39.1. The van der Waals surface area contributed by atoms with Crippen molar-refractivity contribution in [3.8, 4) is 0 Å².